The van der Waals surface area contributed by atoms with Crippen LogP contribution in [0.25, 0.3) is 0 Å². The lowest BCUT2D eigenvalue weighted by Crippen LogP contribution is -2.45. The number of amides is 1. The van der Waals surface area contributed by atoms with Gasteiger partial charge in [-0.25, -0.2) is 0 Å². The molecule has 176 valence electrons. The largest absolute Gasteiger partial charge is 0.394 e. The Balaban J connectivity index is 3.94. The Hall–Kier alpha value is -1.91. The second kappa shape index (κ2) is 22.8. The predicted octanol–water partition coefficient (Wildman–Crippen LogP) is 5.94. The lowest BCUT2D eigenvalue weighted by molar-refractivity contribution is -0.122. The summed E-state index contributed by atoms with van der Waals surface area (Å²) >= 11 is 0. The molecule has 2 unspecified atom stereocenters. The van der Waals surface area contributed by atoms with Crippen molar-refractivity contribution in [2.24, 2.45) is 0 Å². The first-order valence-corrected chi connectivity index (χ1v) is 12.0. The Morgan fingerprint density at radius 1 is 0.806 bits per heavy atom. The van der Waals surface area contributed by atoms with Gasteiger partial charge in [0.2, 0.25) is 5.91 Å². The fourth-order valence-electron chi connectivity index (χ4n) is 2.89. The van der Waals surface area contributed by atoms with Crippen LogP contribution in [0.5, 0.6) is 0 Å². The van der Waals surface area contributed by atoms with Crippen molar-refractivity contribution in [3.8, 4) is 0 Å². The summed E-state index contributed by atoms with van der Waals surface area (Å²) in [7, 11) is 0. The average Bonchev–Trinajstić information content (AvgIpc) is 2.77. The van der Waals surface area contributed by atoms with Crippen LogP contribution in [-0.4, -0.2) is 34.9 Å². The second-order valence-corrected chi connectivity index (χ2v) is 7.66. The normalized spacial score (nSPS) is 14.6. The first kappa shape index (κ1) is 29.1. The van der Waals surface area contributed by atoms with Crippen LogP contribution in [0.3, 0.4) is 0 Å². The van der Waals surface area contributed by atoms with Crippen molar-refractivity contribution >= 4 is 5.91 Å². The summed E-state index contributed by atoms with van der Waals surface area (Å²) in [6, 6.07) is -0.656. The van der Waals surface area contributed by atoms with E-state index in [4.69, 9.17) is 0 Å². The molecule has 0 aromatic heterocycles. The van der Waals surface area contributed by atoms with Gasteiger partial charge >= 0.3 is 0 Å². The molecule has 0 bridgehead atoms. The Kier molecular flexibility index (Phi) is 21.4. The molecule has 0 aromatic carbocycles. The number of allylic oxidation sites excluding steroid dienone is 9. The van der Waals surface area contributed by atoms with Gasteiger partial charge in [0, 0.05) is 6.42 Å². The van der Waals surface area contributed by atoms with E-state index in [0.29, 0.717) is 12.8 Å². The fraction of sp³-hybridized carbons (Fsp3) is 0.593. The minimum atomic E-state index is -0.863. The topological polar surface area (TPSA) is 69.6 Å². The van der Waals surface area contributed by atoms with E-state index in [2.05, 4.69) is 61.7 Å². The van der Waals surface area contributed by atoms with Gasteiger partial charge < -0.3 is 15.5 Å². The molecule has 0 aromatic rings. The predicted molar refractivity (Wildman–Crippen MR) is 133 cm³/mol. The van der Waals surface area contributed by atoms with Gasteiger partial charge in [0.15, 0.2) is 0 Å². The van der Waals surface area contributed by atoms with E-state index in [0.717, 1.165) is 38.5 Å². The van der Waals surface area contributed by atoms with Crippen molar-refractivity contribution in [3.05, 3.63) is 60.8 Å². The van der Waals surface area contributed by atoms with Crippen molar-refractivity contribution in [2.45, 2.75) is 96.6 Å². The number of rotatable bonds is 19. The molecule has 0 spiro atoms. The van der Waals surface area contributed by atoms with E-state index >= 15 is 0 Å². The summed E-state index contributed by atoms with van der Waals surface area (Å²) < 4.78 is 0. The number of unbranched alkanes of at least 4 members (excludes halogenated alkanes) is 4. The molecular formula is C27H45NO3. The maximum absolute atomic E-state index is 12.0. The van der Waals surface area contributed by atoms with Crippen LogP contribution in [0.1, 0.15) is 84.5 Å². The van der Waals surface area contributed by atoms with E-state index in [-0.39, 0.29) is 12.5 Å². The van der Waals surface area contributed by atoms with Crippen molar-refractivity contribution in [2.75, 3.05) is 6.61 Å². The smallest absolute Gasteiger partial charge is 0.220 e. The van der Waals surface area contributed by atoms with Gasteiger partial charge in [-0.2, -0.15) is 0 Å². The highest BCUT2D eigenvalue weighted by Gasteiger charge is 2.17. The maximum Gasteiger partial charge on any atom is 0.220 e. The number of aliphatic hydroxyl groups is 2. The van der Waals surface area contributed by atoms with Gasteiger partial charge in [-0.1, -0.05) is 93.9 Å². The average molecular weight is 432 g/mol. The van der Waals surface area contributed by atoms with Crippen molar-refractivity contribution < 1.29 is 15.0 Å². The molecular weight excluding hydrogens is 386 g/mol. The van der Waals surface area contributed by atoms with Crippen molar-refractivity contribution in [1.29, 1.82) is 0 Å². The number of carbonyl (C=O) groups is 1. The quantitative estimate of drug-likeness (QED) is 0.175. The number of aliphatic hydroxyl groups excluding tert-OH is 2. The standard InChI is InChI=1S/C27H45NO3/c1-3-5-7-9-11-12-13-14-15-16-17-19-21-23-27(31)28-25(24-29)26(30)22-20-18-10-8-6-4-2/h5,7,11-12,14-15,17,19-20,22,25-26,29-30H,3-4,6,8-10,13,16,18,21,23-24H2,1-2H3,(H,28,31)/b7-5-,12-11-,15-14-,19-17-,22-20+. The maximum atomic E-state index is 12.0. The summed E-state index contributed by atoms with van der Waals surface area (Å²) in [5, 5.41) is 22.3. The first-order valence-electron chi connectivity index (χ1n) is 12.0. The minimum Gasteiger partial charge on any atom is -0.394 e. The van der Waals surface area contributed by atoms with Gasteiger partial charge in [-0.15, -0.1) is 0 Å². The molecule has 0 aliphatic rings. The van der Waals surface area contributed by atoms with Gasteiger partial charge in [0.05, 0.1) is 18.8 Å². The summed E-state index contributed by atoms with van der Waals surface area (Å²) in [5.41, 5.74) is 0. The van der Waals surface area contributed by atoms with E-state index in [1.54, 1.807) is 6.08 Å². The summed E-state index contributed by atoms with van der Waals surface area (Å²) in [5.74, 6) is -0.156. The molecule has 0 aliphatic carbocycles. The second-order valence-electron chi connectivity index (χ2n) is 7.66. The zero-order valence-corrected chi connectivity index (χ0v) is 19.7. The summed E-state index contributed by atoms with van der Waals surface area (Å²) in [6.07, 6.45) is 30.2. The number of hydrogen-bond donors (Lipinski definition) is 3. The highest BCUT2D eigenvalue weighted by molar-refractivity contribution is 5.76. The first-order chi connectivity index (χ1) is 15.2. The molecule has 31 heavy (non-hydrogen) atoms. The molecule has 0 radical (unpaired) electrons. The zero-order chi connectivity index (χ0) is 23.0. The fourth-order valence-corrected chi connectivity index (χ4v) is 2.89. The SMILES string of the molecule is CC/C=C\C/C=C\C/C=C\C/C=C\CCC(=O)NC(CO)C(O)/C=C/CCCCCC. The Labute approximate surface area is 190 Å². The van der Waals surface area contributed by atoms with E-state index in [9.17, 15) is 15.0 Å². The van der Waals surface area contributed by atoms with E-state index in [1.165, 1.54) is 19.3 Å². The van der Waals surface area contributed by atoms with Crippen LogP contribution in [0.4, 0.5) is 0 Å². The molecule has 4 nitrogen and oxygen atoms in total. The van der Waals surface area contributed by atoms with Crippen LogP contribution in [0, 0.1) is 0 Å². The third kappa shape index (κ3) is 19.8. The molecule has 0 fully saturated rings. The van der Waals surface area contributed by atoms with Crippen molar-refractivity contribution in [3.63, 3.8) is 0 Å². The molecule has 0 saturated heterocycles. The molecule has 0 rings (SSSR count). The van der Waals surface area contributed by atoms with Crippen LogP contribution in [0.15, 0.2) is 60.8 Å². The molecule has 0 saturated carbocycles. The van der Waals surface area contributed by atoms with Crippen LogP contribution in [0.2, 0.25) is 0 Å². The van der Waals surface area contributed by atoms with Gasteiger partial charge in [0.25, 0.3) is 0 Å². The Morgan fingerprint density at radius 3 is 2.00 bits per heavy atom. The number of carbonyl (C=O) groups excluding carboxylic acids is 1. The van der Waals surface area contributed by atoms with Gasteiger partial charge in [-0.05, 0) is 44.9 Å². The van der Waals surface area contributed by atoms with Gasteiger partial charge in [-0.3, -0.25) is 4.79 Å². The highest BCUT2D eigenvalue weighted by Crippen LogP contribution is 2.05. The third-order valence-corrected chi connectivity index (χ3v) is 4.77. The van der Waals surface area contributed by atoms with E-state index in [1.807, 2.05) is 12.2 Å². The van der Waals surface area contributed by atoms with Crippen LogP contribution < -0.4 is 5.32 Å². The van der Waals surface area contributed by atoms with Crippen molar-refractivity contribution in [1.82, 2.24) is 5.32 Å². The van der Waals surface area contributed by atoms with Gasteiger partial charge in [0.1, 0.15) is 0 Å². The lowest BCUT2D eigenvalue weighted by atomic mass is 10.1. The minimum absolute atomic E-state index is 0.156. The summed E-state index contributed by atoms with van der Waals surface area (Å²) in [6.45, 7) is 4.03. The molecule has 2 atom stereocenters. The Bertz CT molecular complexity index is 561. The number of nitrogens with one attached hydrogen (secondary N) is 1. The monoisotopic (exact) mass is 431 g/mol. The molecule has 1 amide bonds. The van der Waals surface area contributed by atoms with Crippen LogP contribution >= 0.6 is 0 Å². The molecule has 3 N–H and O–H groups in total. The molecule has 0 heterocycles. The highest BCUT2D eigenvalue weighted by atomic mass is 16.3. The van der Waals surface area contributed by atoms with Crippen LogP contribution in [-0.2, 0) is 4.79 Å². The third-order valence-electron chi connectivity index (χ3n) is 4.77. The Morgan fingerprint density at radius 2 is 1.42 bits per heavy atom. The zero-order valence-electron chi connectivity index (χ0n) is 19.7. The summed E-state index contributed by atoms with van der Waals surface area (Å²) in [4.78, 5) is 12.0. The molecule has 0 aliphatic heterocycles. The van der Waals surface area contributed by atoms with E-state index < -0.39 is 12.1 Å². The lowest BCUT2D eigenvalue weighted by Gasteiger charge is -2.19. The number of hydrogen-bond acceptors (Lipinski definition) is 3. The molecule has 4 heteroatoms.